The maximum absolute atomic E-state index is 12.0. The van der Waals surface area contributed by atoms with Crippen LogP contribution in [0.4, 0.5) is 0 Å². The Hall–Kier alpha value is -1.01. The Morgan fingerprint density at radius 1 is 1.14 bits per heavy atom. The van der Waals surface area contributed by atoms with Crippen molar-refractivity contribution < 1.29 is 14.4 Å². The molecule has 112 valence electrons. The molecule has 0 spiro atoms. The van der Waals surface area contributed by atoms with Crippen molar-refractivity contribution in [2.45, 2.75) is 9.29 Å². The Kier molecular flexibility index (Phi) is 4.68. The lowest BCUT2D eigenvalue weighted by molar-refractivity contribution is -0.121. The molecule has 1 aromatic carbocycles. The quantitative estimate of drug-likeness (QED) is 0.505. The van der Waals surface area contributed by atoms with Gasteiger partial charge in [0.2, 0.25) is 9.70 Å². The smallest absolute Gasteiger partial charge is 0.262 e. The molecule has 0 fully saturated rings. The SMILES string of the molecule is O=C(CN1C(=O)c2ccccc2C1=O)N[C@@H](Cl)C(Cl)(Cl)Cl. The molecule has 0 aromatic heterocycles. The molecular weight excluding hydrogens is 362 g/mol. The molecule has 9 heteroatoms. The summed E-state index contributed by atoms with van der Waals surface area (Å²) >= 11 is 22.2. The Bertz CT molecular complexity index is 580. The topological polar surface area (TPSA) is 66.5 Å². The number of amides is 3. The zero-order valence-corrected chi connectivity index (χ0v) is 13.3. The first kappa shape index (κ1) is 16.4. The molecule has 2 rings (SSSR count). The summed E-state index contributed by atoms with van der Waals surface area (Å²) in [6.07, 6.45) is 0. The van der Waals surface area contributed by atoms with Crippen molar-refractivity contribution in [3.05, 3.63) is 35.4 Å². The monoisotopic (exact) mass is 368 g/mol. The van der Waals surface area contributed by atoms with Crippen molar-refractivity contribution >= 4 is 64.1 Å². The highest BCUT2D eigenvalue weighted by atomic mass is 35.6. The molecule has 0 aliphatic carbocycles. The van der Waals surface area contributed by atoms with Gasteiger partial charge in [-0.05, 0) is 12.1 Å². The lowest BCUT2D eigenvalue weighted by Gasteiger charge is -2.20. The summed E-state index contributed by atoms with van der Waals surface area (Å²) < 4.78 is -1.90. The Morgan fingerprint density at radius 3 is 2.05 bits per heavy atom. The maximum Gasteiger partial charge on any atom is 0.262 e. The molecule has 0 saturated heterocycles. The van der Waals surface area contributed by atoms with Gasteiger partial charge in [0.1, 0.15) is 6.54 Å². The van der Waals surface area contributed by atoms with Gasteiger partial charge in [-0.2, -0.15) is 0 Å². The van der Waals surface area contributed by atoms with Gasteiger partial charge in [0, 0.05) is 0 Å². The molecule has 0 saturated carbocycles. The van der Waals surface area contributed by atoms with Crippen molar-refractivity contribution in [2.24, 2.45) is 0 Å². The number of hydrogen-bond donors (Lipinski definition) is 1. The van der Waals surface area contributed by atoms with Crippen LogP contribution in [0, 0.1) is 0 Å². The summed E-state index contributed by atoms with van der Waals surface area (Å²) in [6, 6.07) is 6.29. The van der Waals surface area contributed by atoms with E-state index in [1.54, 1.807) is 12.1 Å². The highest BCUT2D eigenvalue weighted by Gasteiger charge is 2.38. The largest absolute Gasteiger partial charge is 0.335 e. The zero-order chi connectivity index (χ0) is 15.8. The van der Waals surface area contributed by atoms with E-state index in [4.69, 9.17) is 46.4 Å². The number of nitrogens with zero attached hydrogens (tertiary/aromatic N) is 1. The fourth-order valence-corrected chi connectivity index (χ4v) is 2.08. The van der Waals surface area contributed by atoms with Crippen molar-refractivity contribution in [1.29, 1.82) is 0 Å². The average molecular weight is 370 g/mol. The summed E-state index contributed by atoms with van der Waals surface area (Å²) in [4.78, 5) is 36.7. The number of carbonyl (C=O) groups excluding carboxylic acids is 3. The lowest BCUT2D eigenvalue weighted by atomic mass is 10.1. The molecule has 1 aliphatic heterocycles. The van der Waals surface area contributed by atoms with E-state index in [-0.39, 0.29) is 11.1 Å². The normalized spacial score (nSPS) is 15.9. The van der Waals surface area contributed by atoms with Crippen LogP contribution < -0.4 is 5.32 Å². The Labute approximate surface area is 140 Å². The maximum atomic E-state index is 12.0. The van der Waals surface area contributed by atoms with E-state index < -0.39 is 33.6 Å². The number of alkyl halides is 4. The number of imide groups is 1. The van der Waals surface area contributed by atoms with Gasteiger partial charge in [0.25, 0.3) is 11.8 Å². The second kappa shape index (κ2) is 6.01. The van der Waals surface area contributed by atoms with Crippen molar-refractivity contribution in [3.8, 4) is 0 Å². The third-order valence-corrected chi connectivity index (χ3v) is 4.18. The first-order valence-corrected chi connectivity index (χ1v) is 7.24. The van der Waals surface area contributed by atoms with Crippen LogP contribution in [0.2, 0.25) is 0 Å². The number of benzene rings is 1. The predicted octanol–water partition coefficient (Wildman–Crippen LogP) is 2.33. The first-order chi connectivity index (χ1) is 9.71. The van der Waals surface area contributed by atoms with E-state index >= 15 is 0 Å². The van der Waals surface area contributed by atoms with E-state index in [0.717, 1.165) is 4.90 Å². The number of nitrogens with one attached hydrogen (secondary N) is 1. The summed E-state index contributed by atoms with van der Waals surface area (Å²) in [6.45, 7) is -0.504. The summed E-state index contributed by atoms with van der Waals surface area (Å²) in [5.74, 6) is -1.81. The second-order valence-electron chi connectivity index (χ2n) is 4.21. The molecule has 1 atom stereocenters. The van der Waals surface area contributed by atoms with Gasteiger partial charge >= 0.3 is 0 Å². The van der Waals surface area contributed by atoms with E-state index in [9.17, 15) is 14.4 Å². The van der Waals surface area contributed by atoms with Gasteiger partial charge in [-0.15, -0.1) is 0 Å². The predicted molar refractivity (Wildman–Crippen MR) is 79.9 cm³/mol. The number of carbonyl (C=O) groups is 3. The van der Waals surface area contributed by atoms with Gasteiger partial charge in [0.15, 0.2) is 5.50 Å². The molecule has 21 heavy (non-hydrogen) atoms. The van der Waals surface area contributed by atoms with E-state index in [1.165, 1.54) is 12.1 Å². The van der Waals surface area contributed by atoms with Gasteiger partial charge in [-0.25, -0.2) is 0 Å². The third kappa shape index (κ3) is 3.43. The molecule has 1 aliphatic rings. The molecule has 0 unspecified atom stereocenters. The van der Waals surface area contributed by atoms with Crippen molar-refractivity contribution in [2.75, 3.05) is 6.54 Å². The summed E-state index contributed by atoms with van der Waals surface area (Å²) in [7, 11) is 0. The molecule has 3 amide bonds. The van der Waals surface area contributed by atoms with Crippen LogP contribution in [0.5, 0.6) is 0 Å². The van der Waals surface area contributed by atoms with Gasteiger partial charge < -0.3 is 5.32 Å². The van der Waals surface area contributed by atoms with Crippen LogP contribution >= 0.6 is 46.4 Å². The van der Waals surface area contributed by atoms with Crippen molar-refractivity contribution in [1.82, 2.24) is 10.2 Å². The average Bonchev–Trinajstić information content (AvgIpc) is 2.63. The van der Waals surface area contributed by atoms with Crippen LogP contribution in [0.3, 0.4) is 0 Å². The molecule has 0 radical (unpaired) electrons. The number of hydrogen-bond acceptors (Lipinski definition) is 3. The summed E-state index contributed by atoms with van der Waals surface area (Å²) in [5, 5.41) is 2.20. The Balaban J connectivity index is 2.07. The van der Waals surface area contributed by atoms with E-state index in [2.05, 4.69) is 5.32 Å². The lowest BCUT2D eigenvalue weighted by Crippen LogP contribution is -2.46. The fraction of sp³-hybridized carbons (Fsp3) is 0.250. The van der Waals surface area contributed by atoms with Crippen LogP contribution in [0.1, 0.15) is 20.7 Å². The highest BCUT2D eigenvalue weighted by Crippen LogP contribution is 2.32. The molecule has 1 aromatic rings. The summed E-state index contributed by atoms with van der Waals surface area (Å²) in [5.41, 5.74) is -0.789. The highest BCUT2D eigenvalue weighted by molar-refractivity contribution is 6.70. The van der Waals surface area contributed by atoms with Crippen LogP contribution in [0.25, 0.3) is 0 Å². The minimum Gasteiger partial charge on any atom is -0.335 e. The van der Waals surface area contributed by atoms with E-state index in [0.29, 0.717) is 0 Å². The van der Waals surface area contributed by atoms with Gasteiger partial charge in [-0.1, -0.05) is 58.5 Å². The van der Waals surface area contributed by atoms with Gasteiger partial charge in [0.05, 0.1) is 11.1 Å². The molecule has 1 heterocycles. The van der Waals surface area contributed by atoms with E-state index in [1.807, 2.05) is 0 Å². The van der Waals surface area contributed by atoms with Crippen LogP contribution in [-0.2, 0) is 4.79 Å². The fourth-order valence-electron chi connectivity index (χ4n) is 1.80. The minimum atomic E-state index is -1.90. The zero-order valence-electron chi connectivity index (χ0n) is 10.3. The van der Waals surface area contributed by atoms with Crippen LogP contribution in [-0.4, -0.2) is 38.5 Å². The minimum absolute atomic E-state index is 0.249. The Morgan fingerprint density at radius 2 is 1.62 bits per heavy atom. The molecular formula is C12H8Cl4N2O3. The van der Waals surface area contributed by atoms with Gasteiger partial charge in [-0.3, -0.25) is 19.3 Å². The van der Waals surface area contributed by atoms with Crippen molar-refractivity contribution in [3.63, 3.8) is 0 Å². The van der Waals surface area contributed by atoms with Crippen LogP contribution in [0.15, 0.2) is 24.3 Å². The molecule has 0 bridgehead atoms. The number of halogens is 4. The molecule has 1 N–H and O–H groups in total. The standard InChI is InChI=1S/C12H8Cl4N2O3/c13-11(12(14,15)16)17-8(19)5-18-9(20)6-3-1-2-4-7(6)10(18)21/h1-4,11H,5H2,(H,17,19)/t11-/m1/s1. The molecule has 5 nitrogen and oxygen atoms in total. The second-order valence-corrected chi connectivity index (χ2v) is 7.02. The third-order valence-electron chi connectivity index (χ3n) is 2.75. The number of rotatable bonds is 3. The first-order valence-electron chi connectivity index (χ1n) is 5.67. The number of fused-ring (bicyclic) bond motifs is 1.